The Morgan fingerprint density at radius 1 is 1.54 bits per heavy atom. The lowest BCUT2D eigenvalue weighted by atomic mass is 10.1. The maximum Gasteiger partial charge on any atom is 0.220 e. The third-order valence-corrected chi connectivity index (χ3v) is 2.43. The summed E-state index contributed by atoms with van der Waals surface area (Å²) in [5.41, 5.74) is 5.75. The highest BCUT2D eigenvalue weighted by atomic mass is 16.1. The van der Waals surface area contributed by atoms with Gasteiger partial charge in [0.15, 0.2) is 0 Å². The maximum absolute atomic E-state index is 11.4. The Bertz CT molecular complexity index is 180. The maximum atomic E-state index is 11.4. The van der Waals surface area contributed by atoms with Crippen molar-refractivity contribution >= 4 is 5.91 Å². The van der Waals surface area contributed by atoms with Crippen molar-refractivity contribution in [3.63, 3.8) is 0 Å². The quantitative estimate of drug-likeness (QED) is 0.688. The van der Waals surface area contributed by atoms with E-state index in [1.165, 1.54) is 0 Å². The number of carbonyl (C=O) groups is 1. The van der Waals surface area contributed by atoms with Crippen molar-refractivity contribution in [2.45, 2.75) is 51.6 Å². The summed E-state index contributed by atoms with van der Waals surface area (Å²) in [6.07, 6.45) is 3.67. The van der Waals surface area contributed by atoms with Crippen LogP contribution in [0.2, 0.25) is 0 Å². The van der Waals surface area contributed by atoms with Crippen LogP contribution in [0.4, 0.5) is 0 Å². The molecule has 0 radical (unpaired) electrons. The molecule has 1 aliphatic carbocycles. The van der Waals surface area contributed by atoms with E-state index in [1.807, 2.05) is 0 Å². The molecular formula is C10H20N2O. The molecular weight excluding hydrogens is 164 g/mol. The standard InChI is InChI=1S/C10H20N2O/c1-7(2)5-10(13)12-9-4-3-8(11)6-9/h7-9H,3-6,11H2,1-2H3,(H,12,13). The molecule has 3 nitrogen and oxygen atoms in total. The number of amides is 1. The summed E-state index contributed by atoms with van der Waals surface area (Å²) in [5.74, 6) is 0.615. The van der Waals surface area contributed by atoms with Crippen molar-refractivity contribution < 1.29 is 4.79 Å². The highest BCUT2D eigenvalue weighted by molar-refractivity contribution is 5.76. The van der Waals surface area contributed by atoms with Crippen LogP contribution < -0.4 is 11.1 Å². The third-order valence-electron chi connectivity index (χ3n) is 2.43. The van der Waals surface area contributed by atoms with Gasteiger partial charge in [-0.15, -0.1) is 0 Å². The van der Waals surface area contributed by atoms with Crippen molar-refractivity contribution in [1.82, 2.24) is 5.32 Å². The van der Waals surface area contributed by atoms with E-state index in [9.17, 15) is 4.79 Å². The van der Waals surface area contributed by atoms with Gasteiger partial charge < -0.3 is 11.1 Å². The fourth-order valence-corrected chi connectivity index (χ4v) is 1.80. The summed E-state index contributed by atoms with van der Waals surface area (Å²) in [4.78, 5) is 11.4. The molecule has 0 saturated heterocycles. The Hall–Kier alpha value is -0.570. The smallest absolute Gasteiger partial charge is 0.220 e. The molecule has 0 aromatic rings. The molecule has 1 aliphatic rings. The number of rotatable bonds is 3. The lowest BCUT2D eigenvalue weighted by molar-refractivity contribution is -0.122. The zero-order valence-corrected chi connectivity index (χ0v) is 8.55. The van der Waals surface area contributed by atoms with E-state index < -0.39 is 0 Å². The molecule has 0 aliphatic heterocycles. The van der Waals surface area contributed by atoms with Crippen molar-refractivity contribution in [1.29, 1.82) is 0 Å². The van der Waals surface area contributed by atoms with Gasteiger partial charge in [-0.3, -0.25) is 4.79 Å². The highest BCUT2D eigenvalue weighted by Gasteiger charge is 2.22. The first-order valence-electron chi connectivity index (χ1n) is 5.13. The first-order chi connectivity index (χ1) is 6.08. The first kappa shape index (κ1) is 10.5. The average Bonchev–Trinajstić information content (AvgIpc) is 2.33. The molecule has 1 rings (SSSR count). The van der Waals surface area contributed by atoms with Crippen molar-refractivity contribution in [2.75, 3.05) is 0 Å². The van der Waals surface area contributed by atoms with Gasteiger partial charge in [0.1, 0.15) is 0 Å². The fraction of sp³-hybridized carbons (Fsp3) is 0.900. The van der Waals surface area contributed by atoms with E-state index in [0.29, 0.717) is 24.4 Å². The fourth-order valence-electron chi connectivity index (χ4n) is 1.80. The average molecular weight is 184 g/mol. The molecule has 0 bridgehead atoms. The molecule has 2 unspecified atom stereocenters. The Balaban J connectivity index is 2.21. The molecule has 76 valence electrons. The molecule has 13 heavy (non-hydrogen) atoms. The molecule has 0 aromatic carbocycles. The molecule has 3 N–H and O–H groups in total. The topological polar surface area (TPSA) is 55.1 Å². The van der Waals surface area contributed by atoms with Gasteiger partial charge in [-0.05, 0) is 25.2 Å². The van der Waals surface area contributed by atoms with Gasteiger partial charge in [-0.25, -0.2) is 0 Å². The van der Waals surface area contributed by atoms with E-state index in [-0.39, 0.29) is 5.91 Å². The van der Waals surface area contributed by atoms with E-state index in [0.717, 1.165) is 19.3 Å². The largest absolute Gasteiger partial charge is 0.353 e. The molecule has 0 heterocycles. The zero-order valence-electron chi connectivity index (χ0n) is 8.55. The second-order valence-electron chi connectivity index (χ2n) is 4.44. The van der Waals surface area contributed by atoms with Crippen molar-refractivity contribution in [3.05, 3.63) is 0 Å². The van der Waals surface area contributed by atoms with Crippen LogP contribution in [0.5, 0.6) is 0 Å². The molecule has 1 fully saturated rings. The van der Waals surface area contributed by atoms with Gasteiger partial charge in [-0.2, -0.15) is 0 Å². The summed E-state index contributed by atoms with van der Waals surface area (Å²) in [7, 11) is 0. The predicted molar refractivity (Wildman–Crippen MR) is 53.2 cm³/mol. The van der Waals surface area contributed by atoms with Gasteiger partial charge in [0.2, 0.25) is 5.91 Å². The zero-order chi connectivity index (χ0) is 9.84. The van der Waals surface area contributed by atoms with Gasteiger partial charge in [0.25, 0.3) is 0 Å². The second-order valence-corrected chi connectivity index (χ2v) is 4.44. The minimum absolute atomic E-state index is 0.175. The normalized spacial score (nSPS) is 28.0. The van der Waals surface area contributed by atoms with E-state index in [2.05, 4.69) is 19.2 Å². The summed E-state index contributed by atoms with van der Waals surface area (Å²) < 4.78 is 0. The van der Waals surface area contributed by atoms with Crippen LogP contribution in [0.25, 0.3) is 0 Å². The number of hydrogen-bond acceptors (Lipinski definition) is 2. The second kappa shape index (κ2) is 4.61. The summed E-state index contributed by atoms with van der Waals surface area (Å²) >= 11 is 0. The predicted octanol–water partition coefficient (Wildman–Crippen LogP) is 1.03. The van der Waals surface area contributed by atoms with Crippen LogP contribution in [0.1, 0.15) is 39.5 Å². The van der Waals surface area contributed by atoms with Gasteiger partial charge in [0.05, 0.1) is 0 Å². The Morgan fingerprint density at radius 2 is 2.23 bits per heavy atom. The summed E-state index contributed by atoms with van der Waals surface area (Å²) in [5, 5.41) is 3.02. The first-order valence-corrected chi connectivity index (χ1v) is 5.13. The van der Waals surface area contributed by atoms with Crippen LogP contribution in [-0.2, 0) is 4.79 Å². The van der Waals surface area contributed by atoms with Crippen molar-refractivity contribution in [3.8, 4) is 0 Å². The SMILES string of the molecule is CC(C)CC(=O)NC1CCC(N)C1. The van der Waals surface area contributed by atoms with E-state index in [1.54, 1.807) is 0 Å². The van der Waals surface area contributed by atoms with Crippen LogP contribution in [-0.4, -0.2) is 18.0 Å². The minimum Gasteiger partial charge on any atom is -0.353 e. The van der Waals surface area contributed by atoms with E-state index in [4.69, 9.17) is 5.73 Å². The number of nitrogens with one attached hydrogen (secondary N) is 1. The monoisotopic (exact) mass is 184 g/mol. The molecule has 0 spiro atoms. The highest BCUT2D eigenvalue weighted by Crippen LogP contribution is 2.17. The van der Waals surface area contributed by atoms with Crippen LogP contribution in [0, 0.1) is 5.92 Å². The molecule has 1 saturated carbocycles. The molecule has 2 atom stereocenters. The number of carbonyl (C=O) groups excluding carboxylic acids is 1. The lowest BCUT2D eigenvalue weighted by Crippen LogP contribution is -2.34. The Morgan fingerprint density at radius 3 is 2.69 bits per heavy atom. The van der Waals surface area contributed by atoms with Crippen molar-refractivity contribution in [2.24, 2.45) is 11.7 Å². The van der Waals surface area contributed by atoms with E-state index >= 15 is 0 Å². The van der Waals surface area contributed by atoms with Crippen LogP contribution in [0.3, 0.4) is 0 Å². The third kappa shape index (κ3) is 3.77. The summed E-state index contributed by atoms with van der Waals surface area (Å²) in [6, 6.07) is 0.630. The van der Waals surface area contributed by atoms with Crippen LogP contribution in [0.15, 0.2) is 0 Å². The number of hydrogen-bond donors (Lipinski definition) is 2. The van der Waals surface area contributed by atoms with Gasteiger partial charge in [-0.1, -0.05) is 13.8 Å². The lowest BCUT2D eigenvalue weighted by Gasteiger charge is -2.13. The molecule has 3 heteroatoms. The minimum atomic E-state index is 0.175. The number of nitrogens with two attached hydrogens (primary N) is 1. The molecule has 1 amide bonds. The summed E-state index contributed by atoms with van der Waals surface area (Å²) in [6.45, 7) is 4.11. The molecule has 0 aromatic heterocycles. The Kier molecular flexibility index (Phi) is 3.72. The van der Waals surface area contributed by atoms with Crippen LogP contribution >= 0.6 is 0 Å². The Labute approximate surface area is 80.1 Å². The van der Waals surface area contributed by atoms with Gasteiger partial charge >= 0.3 is 0 Å². The van der Waals surface area contributed by atoms with Gasteiger partial charge in [0, 0.05) is 18.5 Å².